The number of carbonyl (C=O) groups is 1. The van der Waals surface area contributed by atoms with Gasteiger partial charge in [-0.3, -0.25) is 4.79 Å². The molecule has 0 unspecified atom stereocenters. The number of nitrogens with zero attached hydrogens (tertiary/aromatic N) is 2. The lowest BCUT2D eigenvalue weighted by Crippen LogP contribution is -2.43. The van der Waals surface area contributed by atoms with Crippen molar-refractivity contribution in [1.82, 2.24) is 9.47 Å². The molecule has 0 aromatic carbocycles. The van der Waals surface area contributed by atoms with E-state index in [4.69, 9.17) is 4.74 Å². The molecular weight excluding hydrogens is 336 g/mol. The van der Waals surface area contributed by atoms with E-state index >= 15 is 0 Å². The SMILES string of the molecule is CC(C)(C)OC(=O)N1CCC(n2cc(Br)ccc2=O)CC1. The molecule has 1 fully saturated rings. The van der Waals surface area contributed by atoms with Crippen molar-refractivity contribution in [2.75, 3.05) is 13.1 Å². The van der Waals surface area contributed by atoms with Gasteiger partial charge in [0.1, 0.15) is 5.60 Å². The summed E-state index contributed by atoms with van der Waals surface area (Å²) in [4.78, 5) is 25.6. The Morgan fingerprint density at radius 2 is 1.90 bits per heavy atom. The van der Waals surface area contributed by atoms with Gasteiger partial charge in [0, 0.05) is 35.9 Å². The number of halogens is 1. The molecule has 0 radical (unpaired) electrons. The van der Waals surface area contributed by atoms with Gasteiger partial charge in [-0.1, -0.05) is 0 Å². The number of piperidine rings is 1. The Hall–Kier alpha value is -1.30. The minimum Gasteiger partial charge on any atom is -0.444 e. The van der Waals surface area contributed by atoms with Crippen molar-refractivity contribution in [2.24, 2.45) is 0 Å². The maximum Gasteiger partial charge on any atom is 0.410 e. The van der Waals surface area contributed by atoms with Crippen molar-refractivity contribution in [1.29, 1.82) is 0 Å². The average Bonchev–Trinajstić information content (AvgIpc) is 2.40. The van der Waals surface area contributed by atoms with Crippen LogP contribution in [-0.2, 0) is 4.74 Å². The first kappa shape index (κ1) is 16.1. The number of pyridine rings is 1. The predicted molar refractivity (Wildman–Crippen MR) is 84.5 cm³/mol. The number of rotatable bonds is 1. The largest absolute Gasteiger partial charge is 0.444 e. The van der Waals surface area contributed by atoms with Crippen LogP contribution in [0.25, 0.3) is 0 Å². The summed E-state index contributed by atoms with van der Waals surface area (Å²) in [6, 6.07) is 3.44. The molecule has 0 spiro atoms. The van der Waals surface area contributed by atoms with Crippen molar-refractivity contribution in [3.8, 4) is 0 Å². The first-order valence-corrected chi connectivity index (χ1v) is 7.91. The van der Waals surface area contributed by atoms with Gasteiger partial charge in [0.05, 0.1) is 0 Å². The van der Waals surface area contributed by atoms with E-state index < -0.39 is 5.60 Å². The Morgan fingerprint density at radius 1 is 1.29 bits per heavy atom. The molecule has 0 saturated carbocycles. The van der Waals surface area contributed by atoms with Gasteiger partial charge in [0.25, 0.3) is 5.56 Å². The summed E-state index contributed by atoms with van der Waals surface area (Å²) in [6.45, 7) is 6.80. The molecule has 116 valence electrons. The lowest BCUT2D eigenvalue weighted by Gasteiger charge is -2.34. The maximum atomic E-state index is 12.0. The Balaban J connectivity index is 1.99. The van der Waals surface area contributed by atoms with E-state index in [2.05, 4.69) is 15.9 Å². The zero-order valence-electron chi connectivity index (χ0n) is 12.6. The Morgan fingerprint density at radius 3 is 2.48 bits per heavy atom. The zero-order valence-corrected chi connectivity index (χ0v) is 14.2. The Labute approximate surface area is 133 Å². The normalized spacial score (nSPS) is 16.9. The lowest BCUT2D eigenvalue weighted by atomic mass is 10.1. The molecular formula is C15H21BrN2O3. The molecule has 1 aliphatic rings. The van der Waals surface area contributed by atoms with Crippen molar-refractivity contribution in [2.45, 2.75) is 45.3 Å². The standard InChI is InChI=1S/C15H21BrN2O3/c1-15(2,3)21-14(20)17-8-6-12(7-9-17)18-10-11(16)4-5-13(18)19/h4-5,10,12H,6-9H2,1-3H3. The molecule has 1 aliphatic heterocycles. The summed E-state index contributed by atoms with van der Waals surface area (Å²) in [5, 5.41) is 0. The second-order valence-corrected chi connectivity index (χ2v) is 7.21. The topological polar surface area (TPSA) is 51.5 Å². The highest BCUT2D eigenvalue weighted by atomic mass is 79.9. The minimum absolute atomic E-state index is 0.00563. The van der Waals surface area contributed by atoms with Crippen LogP contribution in [-0.4, -0.2) is 34.3 Å². The maximum absolute atomic E-state index is 12.0. The third-order valence-electron chi connectivity index (χ3n) is 3.41. The Bertz CT molecular complexity index is 569. The van der Waals surface area contributed by atoms with Crippen LogP contribution >= 0.6 is 15.9 Å². The molecule has 1 amide bonds. The van der Waals surface area contributed by atoms with Gasteiger partial charge in [-0.25, -0.2) is 4.79 Å². The van der Waals surface area contributed by atoms with Crippen LogP contribution in [0.15, 0.2) is 27.6 Å². The van der Waals surface area contributed by atoms with Crippen LogP contribution in [0.1, 0.15) is 39.7 Å². The Kier molecular flexibility index (Phi) is 4.76. The molecule has 0 atom stereocenters. The van der Waals surface area contributed by atoms with Crippen LogP contribution in [0, 0.1) is 0 Å². The van der Waals surface area contributed by atoms with E-state index in [-0.39, 0.29) is 17.7 Å². The lowest BCUT2D eigenvalue weighted by molar-refractivity contribution is 0.0187. The van der Waals surface area contributed by atoms with Gasteiger partial charge in [-0.2, -0.15) is 0 Å². The monoisotopic (exact) mass is 356 g/mol. The van der Waals surface area contributed by atoms with Gasteiger partial charge in [0.2, 0.25) is 0 Å². The summed E-state index contributed by atoms with van der Waals surface area (Å²) in [7, 11) is 0. The number of ether oxygens (including phenoxy) is 1. The van der Waals surface area contributed by atoms with E-state index in [9.17, 15) is 9.59 Å². The molecule has 1 aromatic rings. The highest BCUT2D eigenvalue weighted by Gasteiger charge is 2.27. The van der Waals surface area contributed by atoms with E-state index in [0.717, 1.165) is 17.3 Å². The molecule has 0 bridgehead atoms. The number of aromatic nitrogens is 1. The summed E-state index contributed by atoms with van der Waals surface area (Å²) in [5.41, 5.74) is -0.483. The number of amides is 1. The van der Waals surface area contributed by atoms with Crippen LogP contribution < -0.4 is 5.56 Å². The average molecular weight is 357 g/mol. The molecule has 1 saturated heterocycles. The van der Waals surface area contributed by atoms with Crippen LogP contribution in [0.5, 0.6) is 0 Å². The molecule has 0 aliphatic carbocycles. The molecule has 0 N–H and O–H groups in total. The van der Waals surface area contributed by atoms with Crippen molar-refractivity contribution in [3.63, 3.8) is 0 Å². The van der Waals surface area contributed by atoms with Crippen molar-refractivity contribution >= 4 is 22.0 Å². The smallest absolute Gasteiger partial charge is 0.410 e. The van der Waals surface area contributed by atoms with Gasteiger partial charge in [0.15, 0.2) is 0 Å². The van der Waals surface area contributed by atoms with Gasteiger partial charge < -0.3 is 14.2 Å². The third kappa shape index (κ3) is 4.33. The first-order chi connectivity index (χ1) is 9.76. The van der Waals surface area contributed by atoms with Gasteiger partial charge in [-0.15, -0.1) is 0 Å². The molecule has 2 rings (SSSR count). The summed E-state index contributed by atoms with van der Waals surface area (Å²) in [6.07, 6.45) is 3.06. The fourth-order valence-corrected chi connectivity index (χ4v) is 2.77. The van der Waals surface area contributed by atoms with Crippen molar-refractivity contribution < 1.29 is 9.53 Å². The zero-order chi connectivity index (χ0) is 15.6. The molecule has 6 heteroatoms. The molecule has 21 heavy (non-hydrogen) atoms. The highest BCUT2D eigenvalue weighted by molar-refractivity contribution is 9.10. The van der Waals surface area contributed by atoms with Crippen LogP contribution in [0.3, 0.4) is 0 Å². The minimum atomic E-state index is -0.477. The number of hydrogen-bond acceptors (Lipinski definition) is 3. The fourth-order valence-electron chi connectivity index (χ4n) is 2.41. The highest BCUT2D eigenvalue weighted by Crippen LogP contribution is 2.23. The molecule has 5 nitrogen and oxygen atoms in total. The van der Waals surface area contributed by atoms with E-state index in [1.165, 1.54) is 0 Å². The second-order valence-electron chi connectivity index (χ2n) is 6.29. The van der Waals surface area contributed by atoms with Crippen LogP contribution in [0.4, 0.5) is 4.79 Å². The first-order valence-electron chi connectivity index (χ1n) is 7.12. The molecule has 2 heterocycles. The predicted octanol–water partition coefficient (Wildman–Crippen LogP) is 3.18. The number of carbonyl (C=O) groups excluding carboxylic acids is 1. The third-order valence-corrected chi connectivity index (χ3v) is 3.88. The fraction of sp³-hybridized carbons (Fsp3) is 0.600. The van der Waals surface area contributed by atoms with E-state index in [1.54, 1.807) is 21.6 Å². The van der Waals surface area contributed by atoms with Gasteiger partial charge >= 0.3 is 6.09 Å². The second kappa shape index (κ2) is 6.22. The van der Waals surface area contributed by atoms with E-state index in [1.807, 2.05) is 27.0 Å². The van der Waals surface area contributed by atoms with Crippen molar-refractivity contribution in [3.05, 3.63) is 33.2 Å². The van der Waals surface area contributed by atoms with Crippen LogP contribution in [0.2, 0.25) is 0 Å². The number of likely N-dealkylation sites (tertiary alicyclic amines) is 1. The summed E-state index contributed by atoms with van der Waals surface area (Å²) < 4.78 is 8.00. The summed E-state index contributed by atoms with van der Waals surface area (Å²) >= 11 is 3.39. The van der Waals surface area contributed by atoms with E-state index in [0.29, 0.717) is 13.1 Å². The molecule has 1 aromatic heterocycles. The van der Waals surface area contributed by atoms with Gasteiger partial charge in [-0.05, 0) is 55.6 Å². The quantitative estimate of drug-likeness (QED) is 0.776. The summed E-state index contributed by atoms with van der Waals surface area (Å²) in [5.74, 6) is 0. The number of hydrogen-bond donors (Lipinski definition) is 0.